The lowest BCUT2D eigenvalue weighted by atomic mass is 10.1. The van der Waals surface area contributed by atoms with Crippen LogP contribution in [0.15, 0.2) is 60.9 Å². The van der Waals surface area contributed by atoms with E-state index in [0.29, 0.717) is 23.0 Å². The van der Waals surface area contributed by atoms with Gasteiger partial charge in [0.05, 0.1) is 26.0 Å². The van der Waals surface area contributed by atoms with Crippen molar-refractivity contribution in [3.05, 3.63) is 66.7 Å². The molecule has 9 heteroatoms. The molecule has 0 saturated heterocycles. The van der Waals surface area contributed by atoms with Gasteiger partial charge in [0.25, 0.3) is 5.91 Å². The standard InChI is InChI=1S/C24H25N5O4/c1-15(26-24(30)16(2)33-20-7-5-6-19(12-20)32-4)23-27-22-13-21(25-14-29(22)28-23)17-8-10-18(31-3)11-9-17/h5-16H,1-4H3,(H,26,30)/t15-,16-/m0/s1. The minimum absolute atomic E-state index is 0.277. The van der Waals surface area contributed by atoms with Crippen molar-refractivity contribution in [2.75, 3.05) is 14.2 Å². The number of aromatic nitrogens is 4. The lowest BCUT2D eigenvalue weighted by Crippen LogP contribution is -2.38. The highest BCUT2D eigenvalue weighted by Crippen LogP contribution is 2.22. The monoisotopic (exact) mass is 447 g/mol. The van der Waals surface area contributed by atoms with Crippen molar-refractivity contribution in [3.63, 3.8) is 0 Å². The molecule has 0 bridgehead atoms. The van der Waals surface area contributed by atoms with Crippen LogP contribution < -0.4 is 19.5 Å². The van der Waals surface area contributed by atoms with Crippen molar-refractivity contribution in [1.82, 2.24) is 24.9 Å². The van der Waals surface area contributed by atoms with Crippen LogP contribution in [0.25, 0.3) is 16.9 Å². The van der Waals surface area contributed by atoms with Crippen LogP contribution in [0, 0.1) is 0 Å². The summed E-state index contributed by atoms with van der Waals surface area (Å²) in [6.07, 6.45) is 0.897. The minimum atomic E-state index is -0.708. The predicted molar refractivity (Wildman–Crippen MR) is 122 cm³/mol. The fourth-order valence-electron chi connectivity index (χ4n) is 3.24. The molecule has 0 aliphatic heterocycles. The van der Waals surface area contributed by atoms with Crippen LogP contribution in [0.4, 0.5) is 0 Å². The van der Waals surface area contributed by atoms with E-state index in [0.717, 1.165) is 17.0 Å². The first-order valence-electron chi connectivity index (χ1n) is 10.4. The quantitative estimate of drug-likeness (QED) is 0.442. The Morgan fingerprint density at radius 2 is 1.70 bits per heavy atom. The van der Waals surface area contributed by atoms with Crippen molar-refractivity contribution in [3.8, 4) is 28.5 Å². The summed E-state index contributed by atoms with van der Waals surface area (Å²) in [6, 6.07) is 16.2. The van der Waals surface area contributed by atoms with E-state index in [1.165, 1.54) is 0 Å². The van der Waals surface area contributed by atoms with E-state index in [-0.39, 0.29) is 5.91 Å². The molecular formula is C24H25N5O4. The number of benzene rings is 2. The number of methoxy groups -OCH3 is 2. The van der Waals surface area contributed by atoms with E-state index in [9.17, 15) is 4.79 Å². The second-order valence-corrected chi connectivity index (χ2v) is 7.44. The second-order valence-electron chi connectivity index (χ2n) is 7.44. The smallest absolute Gasteiger partial charge is 0.261 e. The largest absolute Gasteiger partial charge is 0.497 e. The lowest BCUT2D eigenvalue weighted by Gasteiger charge is -2.17. The minimum Gasteiger partial charge on any atom is -0.497 e. The van der Waals surface area contributed by atoms with Gasteiger partial charge in [0.15, 0.2) is 17.6 Å². The van der Waals surface area contributed by atoms with Crippen molar-refractivity contribution >= 4 is 11.6 Å². The number of hydrogen-bond acceptors (Lipinski definition) is 7. The van der Waals surface area contributed by atoms with E-state index in [1.807, 2.05) is 43.3 Å². The molecular weight excluding hydrogens is 422 g/mol. The van der Waals surface area contributed by atoms with Crippen molar-refractivity contribution in [2.24, 2.45) is 0 Å². The number of carbonyl (C=O) groups excluding carboxylic acids is 1. The lowest BCUT2D eigenvalue weighted by molar-refractivity contribution is -0.128. The number of amides is 1. The summed E-state index contributed by atoms with van der Waals surface area (Å²) in [7, 11) is 3.21. The zero-order valence-corrected chi connectivity index (χ0v) is 18.9. The number of ether oxygens (including phenoxy) is 3. The first kappa shape index (κ1) is 22.1. The Balaban J connectivity index is 1.44. The highest BCUT2D eigenvalue weighted by atomic mass is 16.5. The fourth-order valence-corrected chi connectivity index (χ4v) is 3.24. The van der Waals surface area contributed by atoms with Gasteiger partial charge in [-0.05, 0) is 50.2 Å². The van der Waals surface area contributed by atoms with Gasteiger partial charge in [-0.15, -0.1) is 5.10 Å². The van der Waals surface area contributed by atoms with Gasteiger partial charge in [0, 0.05) is 17.7 Å². The van der Waals surface area contributed by atoms with Gasteiger partial charge < -0.3 is 19.5 Å². The number of carbonyl (C=O) groups is 1. The summed E-state index contributed by atoms with van der Waals surface area (Å²) < 4.78 is 17.7. The Morgan fingerprint density at radius 1 is 0.970 bits per heavy atom. The predicted octanol–water partition coefficient (Wildman–Crippen LogP) is 3.45. The highest BCUT2D eigenvalue weighted by Gasteiger charge is 2.20. The first-order valence-corrected chi connectivity index (χ1v) is 10.4. The normalized spacial score (nSPS) is 12.7. The van der Waals surface area contributed by atoms with Crippen LogP contribution in [0.1, 0.15) is 25.7 Å². The summed E-state index contributed by atoms with van der Waals surface area (Å²) in [5.41, 5.74) is 2.33. The maximum atomic E-state index is 12.6. The highest BCUT2D eigenvalue weighted by molar-refractivity contribution is 5.81. The molecule has 4 aromatic rings. The molecule has 2 aromatic carbocycles. The molecule has 33 heavy (non-hydrogen) atoms. The van der Waals surface area contributed by atoms with Crippen LogP contribution >= 0.6 is 0 Å². The molecule has 1 N–H and O–H groups in total. The van der Waals surface area contributed by atoms with E-state index in [1.54, 1.807) is 50.2 Å². The maximum Gasteiger partial charge on any atom is 0.261 e. The van der Waals surface area contributed by atoms with E-state index >= 15 is 0 Å². The molecule has 0 spiro atoms. The Labute approximate surface area is 191 Å². The van der Waals surface area contributed by atoms with Crippen molar-refractivity contribution in [1.29, 1.82) is 0 Å². The molecule has 4 rings (SSSR count). The average Bonchev–Trinajstić information content (AvgIpc) is 3.28. The van der Waals surface area contributed by atoms with Gasteiger partial charge in [-0.25, -0.2) is 14.5 Å². The molecule has 170 valence electrons. The van der Waals surface area contributed by atoms with E-state index < -0.39 is 12.1 Å². The Hall–Kier alpha value is -4.14. The van der Waals surface area contributed by atoms with E-state index in [2.05, 4.69) is 20.4 Å². The Kier molecular flexibility index (Phi) is 6.39. The summed E-state index contributed by atoms with van der Waals surface area (Å²) in [5.74, 6) is 2.18. The molecule has 0 aliphatic rings. The van der Waals surface area contributed by atoms with Gasteiger partial charge in [-0.2, -0.15) is 0 Å². The van der Waals surface area contributed by atoms with Gasteiger partial charge in [-0.1, -0.05) is 6.07 Å². The third-order valence-electron chi connectivity index (χ3n) is 5.10. The van der Waals surface area contributed by atoms with Crippen LogP contribution in [0.2, 0.25) is 0 Å². The summed E-state index contributed by atoms with van der Waals surface area (Å²) in [6.45, 7) is 3.51. The molecule has 0 radical (unpaired) electrons. The zero-order valence-electron chi connectivity index (χ0n) is 18.9. The molecule has 2 atom stereocenters. The fraction of sp³-hybridized carbons (Fsp3) is 0.250. The molecule has 2 heterocycles. The number of nitrogens with one attached hydrogen (secondary N) is 1. The Bertz CT molecular complexity index is 1260. The summed E-state index contributed by atoms with van der Waals surface area (Å²) in [4.78, 5) is 21.7. The number of fused-ring (bicyclic) bond motifs is 1. The van der Waals surface area contributed by atoms with Gasteiger partial charge in [0.2, 0.25) is 0 Å². The topological polar surface area (TPSA) is 99.9 Å². The SMILES string of the molecule is COc1ccc(-c2cc3nc([C@H](C)NC(=O)[C@H](C)Oc4cccc(OC)c4)nn3cn2)cc1. The molecule has 1 amide bonds. The third-order valence-corrected chi connectivity index (χ3v) is 5.10. The summed E-state index contributed by atoms with van der Waals surface area (Å²) in [5, 5.41) is 7.34. The van der Waals surface area contributed by atoms with Crippen molar-refractivity contribution in [2.45, 2.75) is 26.0 Å². The maximum absolute atomic E-state index is 12.6. The molecule has 0 aliphatic carbocycles. The molecule has 0 saturated carbocycles. The number of hydrogen-bond donors (Lipinski definition) is 1. The van der Waals surface area contributed by atoms with Crippen LogP contribution in [0.5, 0.6) is 17.2 Å². The van der Waals surface area contributed by atoms with Crippen molar-refractivity contribution < 1.29 is 19.0 Å². The second kappa shape index (κ2) is 9.56. The molecule has 2 aromatic heterocycles. The first-order chi connectivity index (χ1) is 16.0. The van der Waals surface area contributed by atoms with Gasteiger partial charge >= 0.3 is 0 Å². The molecule has 9 nitrogen and oxygen atoms in total. The van der Waals surface area contributed by atoms with E-state index in [4.69, 9.17) is 14.2 Å². The van der Waals surface area contributed by atoms with Crippen LogP contribution in [-0.2, 0) is 4.79 Å². The third kappa shape index (κ3) is 5.03. The van der Waals surface area contributed by atoms with Crippen LogP contribution in [0.3, 0.4) is 0 Å². The van der Waals surface area contributed by atoms with Crippen LogP contribution in [-0.4, -0.2) is 45.8 Å². The van der Waals surface area contributed by atoms with Gasteiger partial charge in [0.1, 0.15) is 23.6 Å². The number of nitrogens with zero attached hydrogens (tertiary/aromatic N) is 4. The molecule has 0 unspecified atom stereocenters. The Morgan fingerprint density at radius 3 is 2.42 bits per heavy atom. The average molecular weight is 447 g/mol. The zero-order chi connectivity index (χ0) is 23.4. The summed E-state index contributed by atoms with van der Waals surface area (Å²) >= 11 is 0. The molecule has 0 fully saturated rings. The van der Waals surface area contributed by atoms with Gasteiger partial charge in [-0.3, -0.25) is 4.79 Å². The number of rotatable bonds is 8.